The molecule has 0 fully saturated rings. The number of rotatable bonds is 5. The van der Waals surface area contributed by atoms with Gasteiger partial charge >= 0.3 is 11.9 Å². The number of benzene rings is 1. The average molecular weight is 313 g/mol. The van der Waals surface area contributed by atoms with Crippen LogP contribution in [0.5, 0.6) is 0 Å². The van der Waals surface area contributed by atoms with Crippen LogP contribution in [0.25, 0.3) is 0 Å². The first-order chi connectivity index (χ1) is 11.1. The minimum atomic E-state index is -0.955. The van der Waals surface area contributed by atoms with E-state index >= 15 is 0 Å². The number of Topliss-reactive ketones (excluding diaryl/α,β-unsaturated/α-hetero) is 1. The molecule has 1 aromatic carbocycles. The Hall–Kier alpha value is -3.02. The van der Waals surface area contributed by atoms with E-state index in [9.17, 15) is 14.4 Å². The molecule has 6 heteroatoms. The Morgan fingerprint density at radius 2 is 1.83 bits per heavy atom. The topological polar surface area (TPSA) is 76.3 Å². The zero-order valence-corrected chi connectivity index (χ0v) is 12.7. The highest BCUT2D eigenvalue weighted by atomic mass is 16.5. The molecule has 1 aromatic heterocycles. The number of carbonyl (C=O) groups is 3. The van der Waals surface area contributed by atoms with E-state index in [4.69, 9.17) is 0 Å². The maximum atomic E-state index is 12.3. The molecular formula is C17H17N2O4+. The molecule has 1 amide bonds. The van der Waals surface area contributed by atoms with Gasteiger partial charge in [0.15, 0.2) is 12.4 Å². The van der Waals surface area contributed by atoms with Gasteiger partial charge in [0.1, 0.15) is 0 Å². The first-order valence-electron chi connectivity index (χ1n) is 7.15. The summed E-state index contributed by atoms with van der Waals surface area (Å²) in [5, 5.41) is 2.41. The van der Waals surface area contributed by atoms with Crippen LogP contribution in [0, 0.1) is 0 Å². The molecule has 0 unspecified atom stereocenters. The van der Waals surface area contributed by atoms with Crippen LogP contribution in [0.2, 0.25) is 0 Å². The molecule has 0 radical (unpaired) electrons. The summed E-state index contributed by atoms with van der Waals surface area (Å²) in [4.78, 5) is 35.2. The Morgan fingerprint density at radius 3 is 2.52 bits per heavy atom. The summed E-state index contributed by atoms with van der Waals surface area (Å²) in [6.45, 7) is 1.93. The number of carbonyl (C=O) groups excluding carboxylic acids is 3. The van der Waals surface area contributed by atoms with Crippen LogP contribution >= 0.6 is 0 Å². The van der Waals surface area contributed by atoms with E-state index in [1.807, 2.05) is 18.2 Å². The summed E-state index contributed by atoms with van der Waals surface area (Å²) in [6, 6.07) is 12.0. The van der Waals surface area contributed by atoms with Gasteiger partial charge in [0, 0.05) is 23.4 Å². The van der Waals surface area contributed by atoms with E-state index in [-0.39, 0.29) is 18.9 Å². The number of aromatic nitrogens is 1. The van der Waals surface area contributed by atoms with Crippen molar-refractivity contribution < 1.29 is 23.7 Å². The number of hydrogen-bond donors (Lipinski definition) is 1. The third kappa shape index (κ3) is 4.74. The minimum absolute atomic E-state index is 0.103. The Bertz CT molecular complexity index is 714. The molecule has 0 saturated heterocycles. The van der Waals surface area contributed by atoms with Crippen LogP contribution in [0.3, 0.4) is 0 Å². The number of nitrogens with one attached hydrogen (secondary N) is 1. The fourth-order valence-corrected chi connectivity index (χ4v) is 1.95. The average Bonchev–Trinajstić information content (AvgIpc) is 2.56. The normalized spacial score (nSPS) is 9.96. The Morgan fingerprint density at radius 1 is 1.09 bits per heavy atom. The van der Waals surface area contributed by atoms with Crippen LogP contribution in [-0.2, 0) is 20.9 Å². The van der Waals surface area contributed by atoms with Crippen molar-refractivity contribution in [3.63, 3.8) is 0 Å². The molecule has 6 nitrogen and oxygen atoms in total. The highest BCUT2D eigenvalue weighted by Crippen LogP contribution is 2.11. The lowest BCUT2D eigenvalue weighted by atomic mass is 10.1. The van der Waals surface area contributed by atoms with Gasteiger partial charge in [0.25, 0.3) is 0 Å². The molecule has 0 spiro atoms. The molecule has 0 atom stereocenters. The van der Waals surface area contributed by atoms with Crippen molar-refractivity contribution in [2.75, 3.05) is 11.9 Å². The minimum Gasteiger partial charge on any atom is -0.459 e. The van der Waals surface area contributed by atoms with Crippen LogP contribution < -0.4 is 9.88 Å². The van der Waals surface area contributed by atoms with E-state index in [0.717, 1.165) is 0 Å². The van der Waals surface area contributed by atoms with Crippen LogP contribution in [0.15, 0.2) is 54.9 Å². The van der Waals surface area contributed by atoms with Gasteiger partial charge < -0.3 is 10.1 Å². The van der Waals surface area contributed by atoms with Crippen LogP contribution in [0.1, 0.15) is 17.3 Å². The summed E-state index contributed by atoms with van der Waals surface area (Å²) in [5.74, 6) is -1.92. The van der Waals surface area contributed by atoms with E-state index in [1.54, 1.807) is 42.1 Å². The SMILES string of the molecule is CCOC(=O)C(=O)Nc1cccc(C(=O)C[n+]2ccccc2)c1. The van der Waals surface area contributed by atoms with Crippen molar-refractivity contribution in [3.05, 3.63) is 60.4 Å². The Balaban J connectivity index is 2.06. The van der Waals surface area contributed by atoms with Crippen molar-refractivity contribution >= 4 is 23.3 Å². The summed E-state index contributed by atoms with van der Waals surface area (Å²) in [5.41, 5.74) is 0.815. The van der Waals surface area contributed by atoms with Crippen LogP contribution in [0.4, 0.5) is 5.69 Å². The van der Waals surface area contributed by atoms with E-state index in [1.165, 1.54) is 6.07 Å². The quantitative estimate of drug-likeness (QED) is 0.391. The lowest BCUT2D eigenvalue weighted by Gasteiger charge is -2.06. The molecule has 0 saturated carbocycles. The lowest BCUT2D eigenvalue weighted by molar-refractivity contribution is -0.683. The predicted octanol–water partition coefficient (Wildman–Crippen LogP) is 1.36. The smallest absolute Gasteiger partial charge is 0.397 e. The number of ketones is 1. The molecule has 0 bridgehead atoms. The zero-order valence-electron chi connectivity index (χ0n) is 12.7. The van der Waals surface area contributed by atoms with Gasteiger partial charge in [0.2, 0.25) is 12.3 Å². The largest absolute Gasteiger partial charge is 0.459 e. The molecule has 2 rings (SSSR count). The summed E-state index contributed by atoms with van der Waals surface area (Å²) < 4.78 is 6.37. The number of ether oxygens (including phenoxy) is 1. The summed E-state index contributed by atoms with van der Waals surface area (Å²) in [6.07, 6.45) is 3.59. The van der Waals surface area contributed by atoms with Crippen molar-refractivity contribution in [1.82, 2.24) is 0 Å². The van der Waals surface area contributed by atoms with Crippen molar-refractivity contribution in [2.24, 2.45) is 0 Å². The van der Waals surface area contributed by atoms with Crippen molar-refractivity contribution in [1.29, 1.82) is 0 Å². The molecule has 118 valence electrons. The highest BCUT2D eigenvalue weighted by Gasteiger charge is 2.16. The summed E-state index contributed by atoms with van der Waals surface area (Å²) in [7, 11) is 0. The molecule has 0 aliphatic carbocycles. The third-order valence-electron chi connectivity index (χ3n) is 3.01. The van der Waals surface area contributed by atoms with Gasteiger partial charge in [-0.1, -0.05) is 18.2 Å². The number of nitrogens with zero attached hydrogens (tertiary/aromatic N) is 1. The standard InChI is InChI=1S/C17H16N2O4/c1-2-23-17(22)16(21)18-14-8-6-7-13(11-14)15(20)12-19-9-4-3-5-10-19/h3-11H,2,12H2,1H3/p+1. The van der Waals surface area contributed by atoms with Gasteiger partial charge in [-0.3, -0.25) is 9.59 Å². The van der Waals surface area contributed by atoms with Gasteiger partial charge in [0.05, 0.1) is 6.61 Å². The molecule has 23 heavy (non-hydrogen) atoms. The van der Waals surface area contributed by atoms with E-state index < -0.39 is 11.9 Å². The first kappa shape index (κ1) is 16.4. The van der Waals surface area contributed by atoms with E-state index in [0.29, 0.717) is 11.3 Å². The first-order valence-corrected chi connectivity index (χ1v) is 7.15. The fraction of sp³-hybridized carbons (Fsp3) is 0.176. The van der Waals surface area contributed by atoms with Crippen LogP contribution in [-0.4, -0.2) is 24.3 Å². The number of hydrogen-bond acceptors (Lipinski definition) is 4. The molecule has 0 aliphatic heterocycles. The van der Waals surface area contributed by atoms with Crippen molar-refractivity contribution in [2.45, 2.75) is 13.5 Å². The molecular weight excluding hydrogens is 296 g/mol. The molecule has 0 aliphatic rings. The maximum absolute atomic E-state index is 12.3. The zero-order chi connectivity index (χ0) is 16.7. The lowest BCUT2D eigenvalue weighted by Crippen LogP contribution is -2.36. The fourth-order valence-electron chi connectivity index (χ4n) is 1.95. The number of anilines is 1. The van der Waals surface area contributed by atoms with Crippen molar-refractivity contribution in [3.8, 4) is 0 Å². The second kappa shape index (κ2) is 7.84. The predicted molar refractivity (Wildman–Crippen MR) is 82.7 cm³/mol. The highest BCUT2D eigenvalue weighted by molar-refractivity contribution is 6.37. The monoisotopic (exact) mass is 313 g/mol. The maximum Gasteiger partial charge on any atom is 0.397 e. The van der Waals surface area contributed by atoms with Gasteiger partial charge in [-0.15, -0.1) is 0 Å². The number of amides is 1. The molecule has 2 aromatic rings. The van der Waals surface area contributed by atoms with E-state index in [2.05, 4.69) is 10.1 Å². The number of pyridine rings is 1. The second-order valence-electron chi connectivity index (χ2n) is 4.73. The summed E-state index contributed by atoms with van der Waals surface area (Å²) >= 11 is 0. The Labute approximate surface area is 133 Å². The van der Waals surface area contributed by atoms with Gasteiger partial charge in [-0.05, 0) is 19.1 Å². The Kier molecular flexibility index (Phi) is 5.57. The third-order valence-corrected chi connectivity index (χ3v) is 3.01. The molecule has 1 heterocycles. The number of esters is 1. The van der Waals surface area contributed by atoms with Gasteiger partial charge in [-0.2, -0.15) is 4.57 Å². The second-order valence-corrected chi connectivity index (χ2v) is 4.73. The molecule has 1 N–H and O–H groups in total. The van der Waals surface area contributed by atoms with Gasteiger partial charge in [-0.25, -0.2) is 4.79 Å².